The summed E-state index contributed by atoms with van der Waals surface area (Å²) in [6.45, 7) is 0.591. The second-order valence-electron chi connectivity index (χ2n) is 6.27. The molecular formula is C21H17ClN4O. The van der Waals surface area contributed by atoms with Gasteiger partial charge >= 0.3 is 5.69 Å². The summed E-state index contributed by atoms with van der Waals surface area (Å²) in [6, 6.07) is 18.8. The molecule has 4 aromatic rings. The minimum Gasteiger partial charge on any atom is -0.355 e. The highest BCUT2D eigenvalue weighted by Crippen LogP contribution is 2.27. The van der Waals surface area contributed by atoms with Gasteiger partial charge in [0.2, 0.25) is 0 Å². The molecule has 5 nitrogen and oxygen atoms in total. The quantitative estimate of drug-likeness (QED) is 0.538. The maximum absolute atomic E-state index is 12.9. The molecule has 2 aromatic carbocycles. The van der Waals surface area contributed by atoms with Gasteiger partial charge in [-0.05, 0) is 42.0 Å². The minimum absolute atomic E-state index is 0.344. The molecule has 0 spiro atoms. The van der Waals surface area contributed by atoms with Crippen molar-refractivity contribution in [2.75, 3.05) is 11.9 Å². The van der Waals surface area contributed by atoms with E-state index in [4.69, 9.17) is 11.6 Å². The van der Waals surface area contributed by atoms with E-state index in [-0.39, 0.29) is 5.69 Å². The average molecular weight is 377 g/mol. The number of hydrogen-bond acceptors (Lipinski definition) is 4. The van der Waals surface area contributed by atoms with Gasteiger partial charge in [-0.25, -0.2) is 4.79 Å². The summed E-state index contributed by atoms with van der Waals surface area (Å²) >= 11 is 6.23. The molecule has 0 N–H and O–H groups in total. The Hall–Kier alpha value is -3.18. The van der Waals surface area contributed by atoms with Crippen molar-refractivity contribution in [2.45, 2.75) is 6.54 Å². The number of anilines is 1. The average Bonchev–Trinajstić information content (AvgIpc) is 2.68. The van der Waals surface area contributed by atoms with Crippen molar-refractivity contribution >= 4 is 28.3 Å². The lowest BCUT2D eigenvalue weighted by Gasteiger charge is -2.21. The lowest BCUT2D eigenvalue weighted by Crippen LogP contribution is -2.27. The van der Waals surface area contributed by atoms with Crippen molar-refractivity contribution in [3.05, 3.63) is 94.1 Å². The molecule has 0 saturated heterocycles. The number of rotatable bonds is 4. The zero-order valence-corrected chi connectivity index (χ0v) is 15.5. The topological polar surface area (TPSA) is 51.0 Å². The van der Waals surface area contributed by atoms with Crippen LogP contribution in [0.5, 0.6) is 0 Å². The second-order valence-corrected chi connectivity index (χ2v) is 6.70. The third-order valence-electron chi connectivity index (χ3n) is 4.35. The first-order valence-electron chi connectivity index (χ1n) is 8.51. The zero-order chi connectivity index (χ0) is 18.8. The first-order chi connectivity index (χ1) is 13.1. The predicted octanol–water partition coefficient (Wildman–Crippen LogP) is 4.07. The van der Waals surface area contributed by atoms with Crippen molar-refractivity contribution in [1.29, 1.82) is 0 Å². The van der Waals surface area contributed by atoms with E-state index in [9.17, 15) is 4.79 Å². The van der Waals surface area contributed by atoms with E-state index in [0.29, 0.717) is 17.4 Å². The van der Waals surface area contributed by atoms with Crippen LogP contribution >= 0.6 is 11.6 Å². The highest BCUT2D eigenvalue weighted by molar-refractivity contribution is 6.31. The van der Waals surface area contributed by atoms with E-state index >= 15 is 0 Å². The minimum atomic E-state index is -0.344. The van der Waals surface area contributed by atoms with Gasteiger partial charge in [0.15, 0.2) is 0 Å². The Morgan fingerprint density at radius 3 is 2.63 bits per heavy atom. The fourth-order valence-electron chi connectivity index (χ4n) is 3.14. The molecule has 0 saturated carbocycles. The van der Waals surface area contributed by atoms with Crippen LogP contribution in [0.3, 0.4) is 0 Å². The number of para-hydroxylation sites is 1. The van der Waals surface area contributed by atoms with E-state index in [1.807, 2.05) is 66.5 Å². The fraction of sp³-hybridized carbons (Fsp3) is 0.0952. The fourth-order valence-corrected chi connectivity index (χ4v) is 3.31. The molecular weight excluding hydrogens is 360 g/mol. The Kier molecular flexibility index (Phi) is 4.60. The lowest BCUT2D eigenvalue weighted by atomic mass is 10.2. The molecule has 0 aliphatic heterocycles. The molecule has 0 fully saturated rings. The van der Waals surface area contributed by atoms with Gasteiger partial charge in [-0.1, -0.05) is 35.9 Å². The van der Waals surface area contributed by atoms with Crippen LogP contribution in [0.4, 0.5) is 5.82 Å². The van der Waals surface area contributed by atoms with Crippen LogP contribution in [-0.4, -0.2) is 21.6 Å². The maximum Gasteiger partial charge on any atom is 0.354 e. The van der Waals surface area contributed by atoms with Gasteiger partial charge in [-0.15, -0.1) is 0 Å². The van der Waals surface area contributed by atoms with Crippen molar-refractivity contribution in [3.8, 4) is 5.69 Å². The molecule has 6 heteroatoms. The smallest absolute Gasteiger partial charge is 0.354 e. The van der Waals surface area contributed by atoms with Crippen molar-refractivity contribution in [1.82, 2.24) is 14.5 Å². The Bertz CT molecular complexity index is 1140. The number of nitrogens with zero attached hydrogens (tertiary/aromatic N) is 4. The number of benzene rings is 2. The third kappa shape index (κ3) is 3.41. The largest absolute Gasteiger partial charge is 0.355 e. The highest BCUT2D eigenvalue weighted by atomic mass is 35.5. The van der Waals surface area contributed by atoms with Gasteiger partial charge in [0.05, 0.1) is 11.2 Å². The van der Waals surface area contributed by atoms with Crippen LogP contribution < -0.4 is 10.6 Å². The summed E-state index contributed by atoms with van der Waals surface area (Å²) in [5, 5.41) is 1.42. The number of fused-ring (bicyclic) bond motifs is 1. The van der Waals surface area contributed by atoms with Gasteiger partial charge in [-0.2, -0.15) is 4.98 Å². The van der Waals surface area contributed by atoms with E-state index in [1.54, 1.807) is 23.0 Å². The zero-order valence-electron chi connectivity index (χ0n) is 14.7. The molecule has 0 aliphatic rings. The van der Waals surface area contributed by atoms with Crippen LogP contribution in [0.2, 0.25) is 5.02 Å². The van der Waals surface area contributed by atoms with Crippen molar-refractivity contribution in [2.24, 2.45) is 0 Å². The van der Waals surface area contributed by atoms with Gasteiger partial charge < -0.3 is 4.90 Å². The number of halogens is 1. The second kappa shape index (κ2) is 7.21. The molecule has 0 aliphatic carbocycles. The summed E-state index contributed by atoms with van der Waals surface area (Å²) < 4.78 is 1.59. The first-order valence-corrected chi connectivity index (χ1v) is 8.89. The number of hydrogen-bond donors (Lipinski definition) is 0. The third-order valence-corrected chi connectivity index (χ3v) is 4.59. The molecule has 27 heavy (non-hydrogen) atoms. The Labute approximate surface area is 161 Å². The van der Waals surface area contributed by atoms with Gasteiger partial charge in [0.1, 0.15) is 5.82 Å². The maximum atomic E-state index is 12.9. The van der Waals surface area contributed by atoms with E-state index < -0.39 is 0 Å². The summed E-state index contributed by atoms with van der Waals surface area (Å²) in [4.78, 5) is 23.4. The van der Waals surface area contributed by atoms with Crippen LogP contribution in [0.15, 0.2) is 77.9 Å². The molecule has 0 unspecified atom stereocenters. The Morgan fingerprint density at radius 1 is 1.07 bits per heavy atom. The molecule has 2 heterocycles. The van der Waals surface area contributed by atoms with Gasteiger partial charge in [-0.3, -0.25) is 9.55 Å². The van der Waals surface area contributed by atoms with E-state index in [2.05, 4.69) is 9.97 Å². The molecule has 0 amide bonds. The summed E-state index contributed by atoms with van der Waals surface area (Å²) in [6.07, 6.45) is 3.54. The predicted molar refractivity (Wildman–Crippen MR) is 109 cm³/mol. The highest BCUT2D eigenvalue weighted by Gasteiger charge is 2.15. The molecule has 134 valence electrons. The van der Waals surface area contributed by atoms with Gasteiger partial charge in [0, 0.05) is 36.4 Å². The molecule has 0 atom stereocenters. The van der Waals surface area contributed by atoms with Crippen LogP contribution in [-0.2, 0) is 6.54 Å². The van der Waals surface area contributed by atoms with Crippen molar-refractivity contribution < 1.29 is 0 Å². The standard InChI is InChI=1S/C21H17ClN4O/c1-25(14-15-6-5-11-23-13-15)20-18-10-9-16(22)12-19(18)26(21(27)24-20)17-7-3-2-4-8-17/h2-13H,14H2,1H3. The molecule has 0 radical (unpaired) electrons. The Morgan fingerprint density at radius 2 is 1.89 bits per heavy atom. The molecule has 4 rings (SSSR count). The first kappa shape index (κ1) is 17.2. The lowest BCUT2D eigenvalue weighted by molar-refractivity contribution is 0.868. The summed E-state index contributed by atoms with van der Waals surface area (Å²) in [5.41, 5.74) is 2.17. The summed E-state index contributed by atoms with van der Waals surface area (Å²) in [7, 11) is 1.91. The Balaban J connectivity index is 1.90. The van der Waals surface area contributed by atoms with E-state index in [0.717, 1.165) is 22.2 Å². The summed E-state index contributed by atoms with van der Waals surface area (Å²) in [5.74, 6) is 0.614. The number of pyridine rings is 1. The molecule has 0 bridgehead atoms. The monoisotopic (exact) mass is 376 g/mol. The normalized spacial score (nSPS) is 10.9. The SMILES string of the molecule is CN(Cc1cccnc1)c1nc(=O)n(-c2ccccc2)c2cc(Cl)ccc12. The van der Waals surface area contributed by atoms with Crippen molar-refractivity contribution in [3.63, 3.8) is 0 Å². The molecule has 2 aromatic heterocycles. The van der Waals surface area contributed by atoms with Crippen LogP contribution in [0.1, 0.15) is 5.56 Å². The van der Waals surface area contributed by atoms with Crippen LogP contribution in [0.25, 0.3) is 16.6 Å². The van der Waals surface area contributed by atoms with E-state index in [1.165, 1.54) is 0 Å². The van der Waals surface area contributed by atoms with Gasteiger partial charge in [0.25, 0.3) is 0 Å². The van der Waals surface area contributed by atoms with Crippen LogP contribution in [0, 0.1) is 0 Å². The number of aromatic nitrogens is 3.